The Balaban J connectivity index is 2.23. The molecule has 0 bridgehead atoms. The third kappa shape index (κ3) is 3.24. The van der Waals surface area contributed by atoms with E-state index in [-0.39, 0.29) is 29.0 Å². The fourth-order valence-electron chi connectivity index (χ4n) is 3.66. The second kappa shape index (κ2) is 5.61. The lowest BCUT2D eigenvalue weighted by atomic mass is 9.68. The maximum Gasteiger partial charge on any atom is 0.227 e. The smallest absolute Gasteiger partial charge is 0.227 e. The van der Waals surface area contributed by atoms with Crippen molar-refractivity contribution in [3.8, 4) is 0 Å². The van der Waals surface area contributed by atoms with Gasteiger partial charge in [-0.05, 0) is 18.3 Å². The Morgan fingerprint density at radius 1 is 1.48 bits per heavy atom. The first kappa shape index (κ1) is 16.3. The summed E-state index contributed by atoms with van der Waals surface area (Å²) in [6.45, 7) is 6.04. The van der Waals surface area contributed by atoms with Crippen molar-refractivity contribution in [1.82, 2.24) is 5.32 Å². The molecule has 3 unspecified atom stereocenters. The van der Waals surface area contributed by atoms with E-state index in [2.05, 4.69) is 12.2 Å². The van der Waals surface area contributed by atoms with Crippen LogP contribution in [-0.4, -0.2) is 27.9 Å². The summed E-state index contributed by atoms with van der Waals surface area (Å²) in [6.07, 6.45) is 4.10. The Bertz CT molecular complexity index is 458. The van der Waals surface area contributed by atoms with Gasteiger partial charge in [0.05, 0.1) is 11.7 Å². The van der Waals surface area contributed by atoms with Crippen molar-refractivity contribution in [1.29, 1.82) is 0 Å². The van der Waals surface area contributed by atoms with Gasteiger partial charge in [0.1, 0.15) is 0 Å². The summed E-state index contributed by atoms with van der Waals surface area (Å²) in [4.78, 5) is 12.3. The molecule has 0 aromatic heterocycles. The standard InChI is InChI=1S/C16H28N2O3/c1-4-5-6-12(17)10-7-11-13(19)8-15(2,3)9-16(11,21)18-14(10)20/h10,12,19,21H,4-9,17H2,1-3H3,(H,18,20). The van der Waals surface area contributed by atoms with E-state index in [1.807, 2.05) is 13.8 Å². The van der Waals surface area contributed by atoms with Crippen LogP contribution in [0.3, 0.4) is 0 Å². The number of hydrogen-bond donors (Lipinski definition) is 4. The fourth-order valence-corrected chi connectivity index (χ4v) is 3.66. The minimum absolute atomic E-state index is 0.199. The molecular formula is C16H28N2O3. The summed E-state index contributed by atoms with van der Waals surface area (Å²) in [7, 11) is 0. The summed E-state index contributed by atoms with van der Waals surface area (Å²) in [6, 6.07) is -0.232. The van der Waals surface area contributed by atoms with Crippen LogP contribution in [0.25, 0.3) is 0 Å². The molecular weight excluding hydrogens is 268 g/mol. The summed E-state index contributed by atoms with van der Waals surface area (Å²) in [5.41, 5.74) is 5.04. The highest BCUT2D eigenvalue weighted by molar-refractivity contribution is 5.82. The maximum absolute atomic E-state index is 12.3. The number of aliphatic hydroxyl groups is 2. The zero-order valence-corrected chi connectivity index (χ0v) is 13.3. The van der Waals surface area contributed by atoms with E-state index in [9.17, 15) is 15.0 Å². The molecule has 21 heavy (non-hydrogen) atoms. The van der Waals surface area contributed by atoms with Gasteiger partial charge in [-0.25, -0.2) is 0 Å². The number of piperidine rings is 1. The van der Waals surface area contributed by atoms with E-state index < -0.39 is 5.72 Å². The predicted molar refractivity (Wildman–Crippen MR) is 81.4 cm³/mol. The molecule has 0 radical (unpaired) electrons. The molecule has 0 saturated carbocycles. The number of nitrogens with two attached hydrogens (primary N) is 1. The van der Waals surface area contributed by atoms with Crippen LogP contribution in [0.15, 0.2) is 11.3 Å². The molecule has 1 amide bonds. The van der Waals surface area contributed by atoms with E-state index in [1.54, 1.807) is 0 Å². The van der Waals surface area contributed by atoms with Gasteiger partial charge in [-0.15, -0.1) is 0 Å². The van der Waals surface area contributed by atoms with E-state index in [0.717, 1.165) is 19.3 Å². The highest BCUT2D eigenvalue weighted by Crippen LogP contribution is 2.46. The van der Waals surface area contributed by atoms with Gasteiger partial charge >= 0.3 is 0 Å². The predicted octanol–water partition coefficient (Wildman–Crippen LogP) is 1.96. The van der Waals surface area contributed by atoms with Crippen molar-refractivity contribution in [2.75, 3.05) is 0 Å². The lowest BCUT2D eigenvalue weighted by molar-refractivity contribution is -0.138. The topological polar surface area (TPSA) is 95.6 Å². The van der Waals surface area contributed by atoms with Crippen LogP contribution in [0.1, 0.15) is 59.3 Å². The zero-order chi connectivity index (χ0) is 15.8. The molecule has 120 valence electrons. The lowest BCUT2D eigenvalue weighted by Gasteiger charge is -2.47. The monoisotopic (exact) mass is 296 g/mol. The molecule has 1 aliphatic carbocycles. The average molecular weight is 296 g/mol. The zero-order valence-electron chi connectivity index (χ0n) is 13.3. The van der Waals surface area contributed by atoms with Gasteiger partial charge in [0.25, 0.3) is 0 Å². The van der Waals surface area contributed by atoms with Gasteiger partial charge in [-0.3, -0.25) is 4.79 Å². The summed E-state index contributed by atoms with van der Waals surface area (Å²) in [5.74, 6) is -0.355. The first-order valence-electron chi connectivity index (χ1n) is 7.90. The number of aliphatic hydroxyl groups excluding tert-OH is 1. The Labute approximate surface area is 126 Å². The normalized spacial score (nSPS) is 33.4. The highest BCUT2D eigenvalue weighted by Gasteiger charge is 2.50. The molecule has 5 N–H and O–H groups in total. The first-order valence-corrected chi connectivity index (χ1v) is 7.90. The molecule has 2 aliphatic rings. The molecule has 2 rings (SSSR count). The maximum atomic E-state index is 12.3. The van der Waals surface area contributed by atoms with Crippen LogP contribution >= 0.6 is 0 Å². The third-order valence-corrected chi connectivity index (χ3v) is 4.73. The van der Waals surface area contributed by atoms with Crippen LogP contribution in [0.4, 0.5) is 0 Å². The SMILES string of the molecule is CCCCC(N)C1CC2=C(O)CC(C)(C)CC2(O)NC1=O. The van der Waals surface area contributed by atoms with Crippen molar-refractivity contribution in [2.24, 2.45) is 17.1 Å². The molecule has 1 saturated heterocycles. The number of carbonyl (C=O) groups is 1. The van der Waals surface area contributed by atoms with Gasteiger partial charge in [-0.1, -0.05) is 33.6 Å². The van der Waals surface area contributed by atoms with Crippen LogP contribution in [0, 0.1) is 11.3 Å². The Morgan fingerprint density at radius 3 is 2.76 bits per heavy atom. The third-order valence-electron chi connectivity index (χ3n) is 4.73. The number of fused-ring (bicyclic) bond motifs is 1. The number of hydrogen-bond acceptors (Lipinski definition) is 4. The molecule has 0 spiro atoms. The minimum Gasteiger partial charge on any atom is -0.512 e. The van der Waals surface area contributed by atoms with Crippen molar-refractivity contribution < 1.29 is 15.0 Å². The summed E-state index contributed by atoms with van der Waals surface area (Å²) < 4.78 is 0. The van der Waals surface area contributed by atoms with Crippen molar-refractivity contribution >= 4 is 5.91 Å². The van der Waals surface area contributed by atoms with Crippen LogP contribution in [-0.2, 0) is 4.79 Å². The molecule has 1 aliphatic heterocycles. The van der Waals surface area contributed by atoms with E-state index in [1.165, 1.54) is 0 Å². The molecule has 5 nitrogen and oxygen atoms in total. The van der Waals surface area contributed by atoms with E-state index in [0.29, 0.717) is 24.8 Å². The van der Waals surface area contributed by atoms with Crippen LogP contribution in [0.5, 0.6) is 0 Å². The van der Waals surface area contributed by atoms with Gasteiger partial charge < -0.3 is 21.3 Å². The lowest BCUT2D eigenvalue weighted by Crippen LogP contribution is -2.62. The molecule has 3 atom stereocenters. The number of nitrogens with one attached hydrogen (secondary N) is 1. The Hall–Kier alpha value is -1.07. The Kier molecular flexibility index (Phi) is 4.36. The number of carbonyl (C=O) groups excluding carboxylic acids is 1. The summed E-state index contributed by atoms with van der Waals surface area (Å²) >= 11 is 0. The number of unbranched alkanes of at least 4 members (excludes halogenated alkanes) is 1. The first-order chi connectivity index (χ1) is 9.68. The number of allylic oxidation sites excluding steroid dienone is 1. The van der Waals surface area contributed by atoms with E-state index >= 15 is 0 Å². The second-order valence-corrected chi connectivity index (χ2v) is 7.41. The van der Waals surface area contributed by atoms with Crippen molar-refractivity contribution in [2.45, 2.75) is 71.1 Å². The Morgan fingerprint density at radius 2 is 2.14 bits per heavy atom. The van der Waals surface area contributed by atoms with Crippen LogP contribution < -0.4 is 11.1 Å². The highest BCUT2D eigenvalue weighted by atomic mass is 16.3. The molecule has 0 aromatic rings. The number of rotatable bonds is 4. The molecule has 5 heteroatoms. The average Bonchev–Trinajstić information content (AvgIpc) is 2.32. The van der Waals surface area contributed by atoms with E-state index in [4.69, 9.17) is 5.73 Å². The van der Waals surface area contributed by atoms with Gasteiger partial charge in [0.15, 0.2) is 5.72 Å². The van der Waals surface area contributed by atoms with Gasteiger partial charge in [0, 0.05) is 24.5 Å². The van der Waals surface area contributed by atoms with Crippen LogP contribution in [0.2, 0.25) is 0 Å². The minimum atomic E-state index is -1.41. The summed E-state index contributed by atoms with van der Waals surface area (Å²) in [5, 5.41) is 23.8. The molecule has 0 aromatic carbocycles. The van der Waals surface area contributed by atoms with Gasteiger partial charge in [0.2, 0.25) is 5.91 Å². The molecule has 1 heterocycles. The number of amides is 1. The largest absolute Gasteiger partial charge is 0.512 e. The van der Waals surface area contributed by atoms with Gasteiger partial charge in [-0.2, -0.15) is 0 Å². The fraction of sp³-hybridized carbons (Fsp3) is 0.812. The quantitative estimate of drug-likeness (QED) is 0.637. The van der Waals surface area contributed by atoms with Crippen molar-refractivity contribution in [3.63, 3.8) is 0 Å². The second-order valence-electron chi connectivity index (χ2n) is 7.41. The molecule has 1 fully saturated rings. The van der Waals surface area contributed by atoms with Crippen molar-refractivity contribution in [3.05, 3.63) is 11.3 Å².